The number of hydrogen-bond donors (Lipinski definition) is 2. The Morgan fingerprint density at radius 2 is 1.00 bits per heavy atom. The molecule has 0 aliphatic heterocycles. The quantitative estimate of drug-likeness (QED) is 0.0594. The number of hydroxylamine groups is 4. The van der Waals surface area contributed by atoms with Crippen molar-refractivity contribution in [3.63, 3.8) is 0 Å². The van der Waals surface area contributed by atoms with Gasteiger partial charge in [-0.05, 0) is 68.6 Å². The fourth-order valence-electron chi connectivity index (χ4n) is 6.70. The molecule has 0 heterocycles. The van der Waals surface area contributed by atoms with Crippen molar-refractivity contribution in [2.75, 3.05) is 27.2 Å². The molecule has 0 amide bonds. The molecule has 0 bridgehead atoms. The highest BCUT2D eigenvalue weighted by molar-refractivity contribution is 5.10. The third kappa shape index (κ3) is 19.4. The molecule has 0 spiro atoms. The molecule has 0 radical (unpaired) electrons. The minimum atomic E-state index is 0.726. The minimum absolute atomic E-state index is 0.726. The van der Waals surface area contributed by atoms with E-state index in [2.05, 4.69) is 38.2 Å². The van der Waals surface area contributed by atoms with Crippen LogP contribution >= 0.6 is 0 Å². The zero-order valence-electron chi connectivity index (χ0n) is 27.4. The first-order valence-electron chi connectivity index (χ1n) is 17.6. The van der Waals surface area contributed by atoms with Gasteiger partial charge in [0.05, 0.1) is 0 Å². The molecule has 0 aromatic heterocycles. The highest BCUT2D eigenvalue weighted by Crippen LogP contribution is 2.43. The van der Waals surface area contributed by atoms with E-state index in [1.807, 2.05) is 0 Å². The Hall–Kier alpha value is -0.680. The fourth-order valence-corrected chi connectivity index (χ4v) is 6.70. The normalized spacial score (nSPS) is 21.4. The summed E-state index contributed by atoms with van der Waals surface area (Å²) in [4.78, 5) is 0. The van der Waals surface area contributed by atoms with Gasteiger partial charge >= 0.3 is 0 Å². The smallest absolute Gasteiger partial charge is 0.0235 e. The van der Waals surface area contributed by atoms with Gasteiger partial charge in [0, 0.05) is 27.2 Å². The number of unbranched alkanes of at least 4 members (excludes halogenated alkanes) is 15. The summed E-state index contributed by atoms with van der Waals surface area (Å²) in [6, 6.07) is 0. The molecule has 4 unspecified atom stereocenters. The SMILES string of the molecule is CCCCCC=CC1C(CCCCC)C=CC(CCCCCCCCN(C)O)C1CCCCCCCCN(C)O. The standard InChI is InChI=1S/C36H70N2O2/c1-5-7-9-14-21-27-35-33(25-19-8-6-2)29-30-34(26-20-15-10-12-17-23-31-37(3)39)36(35)28-22-16-11-13-18-24-32-38(4)40/h21,27,29-30,33-36,39-40H,5-20,22-26,28,31-32H2,1-4H3. The molecule has 0 saturated carbocycles. The molecule has 4 nitrogen and oxygen atoms in total. The fraction of sp³-hybridized carbons (Fsp3) is 0.889. The molecule has 0 saturated heterocycles. The summed E-state index contributed by atoms with van der Waals surface area (Å²) < 4.78 is 0. The van der Waals surface area contributed by atoms with E-state index in [0.717, 1.165) is 49.6 Å². The van der Waals surface area contributed by atoms with Crippen molar-refractivity contribution in [3.8, 4) is 0 Å². The van der Waals surface area contributed by atoms with Crippen LogP contribution in [0.25, 0.3) is 0 Å². The Bertz CT molecular complexity index is 604. The van der Waals surface area contributed by atoms with E-state index in [1.165, 1.54) is 139 Å². The van der Waals surface area contributed by atoms with Crippen LogP contribution in [-0.4, -0.2) is 47.7 Å². The van der Waals surface area contributed by atoms with E-state index < -0.39 is 0 Å². The first-order valence-corrected chi connectivity index (χ1v) is 17.6. The first kappa shape index (κ1) is 37.3. The maximum absolute atomic E-state index is 9.34. The number of allylic oxidation sites excluding steroid dienone is 4. The second-order valence-electron chi connectivity index (χ2n) is 13.0. The largest absolute Gasteiger partial charge is 0.314 e. The highest BCUT2D eigenvalue weighted by Gasteiger charge is 2.33. The Labute approximate surface area is 250 Å². The van der Waals surface area contributed by atoms with Crippen LogP contribution in [0.2, 0.25) is 0 Å². The van der Waals surface area contributed by atoms with Gasteiger partial charge in [-0.15, -0.1) is 0 Å². The molecule has 4 heteroatoms. The molecular formula is C36H70N2O2. The number of rotatable bonds is 27. The predicted octanol–water partition coefficient (Wildman–Crippen LogP) is 10.8. The van der Waals surface area contributed by atoms with Gasteiger partial charge in [-0.25, -0.2) is 0 Å². The zero-order chi connectivity index (χ0) is 29.3. The van der Waals surface area contributed by atoms with E-state index in [-0.39, 0.29) is 0 Å². The summed E-state index contributed by atoms with van der Waals surface area (Å²) in [6.07, 6.45) is 39.3. The van der Waals surface area contributed by atoms with E-state index in [9.17, 15) is 10.4 Å². The van der Waals surface area contributed by atoms with Crippen LogP contribution in [-0.2, 0) is 0 Å². The van der Waals surface area contributed by atoms with E-state index in [4.69, 9.17) is 0 Å². The molecule has 236 valence electrons. The van der Waals surface area contributed by atoms with E-state index in [0.29, 0.717) is 0 Å². The zero-order valence-corrected chi connectivity index (χ0v) is 27.4. The van der Waals surface area contributed by atoms with Gasteiger partial charge in [-0.1, -0.05) is 134 Å². The van der Waals surface area contributed by atoms with Gasteiger partial charge in [0.25, 0.3) is 0 Å². The van der Waals surface area contributed by atoms with Crippen LogP contribution in [0.4, 0.5) is 0 Å². The van der Waals surface area contributed by atoms with Crippen molar-refractivity contribution in [3.05, 3.63) is 24.3 Å². The maximum Gasteiger partial charge on any atom is 0.0235 e. The summed E-state index contributed by atoms with van der Waals surface area (Å²) >= 11 is 0. The summed E-state index contributed by atoms with van der Waals surface area (Å²) in [5.41, 5.74) is 0. The van der Waals surface area contributed by atoms with Crippen molar-refractivity contribution in [2.45, 2.75) is 155 Å². The van der Waals surface area contributed by atoms with E-state index >= 15 is 0 Å². The second-order valence-corrected chi connectivity index (χ2v) is 13.0. The Morgan fingerprint density at radius 1 is 0.550 bits per heavy atom. The van der Waals surface area contributed by atoms with Gasteiger partial charge in [-0.3, -0.25) is 0 Å². The van der Waals surface area contributed by atoms with Gasteiger partial charge in [-0.2, -0.15) is 10.1 Å². The van der Waals surface area contributed by atoms with Crippen molar-refractivity contribution < 1.29 is 10.4 Å². The van der Waals surface area contributed by atoms with Gasteiger partial charge in [0.2, 0.25) is 0 Å². The third-order valence-corrected chi connectivity index (χ3v) is 9.16. The van der Waals surface area contributed by atoms with Gasteiger partial charge in [0.15, 0.2) is 0 Å². The number of hydrogen-bond acceptors (Lipinski definition) is 4. The minimum Gasteiger partial charge on any atom is -0.314 e. The molecule has 0 aromatic carbocycles. The molecule has 2 N–H and O–H groups in total. The van der Waals surface area contributed by atoms with Crippen LogP contribution in [0.1, 0.15) is 155 Å². The van der Waals surface area contributed by atoms with E-state index in [1.54, 1.807) is 14.1 Å². The van der Waals surface area contributed by atoms with Gasteiger partial charge < -0.3 is 10.4 Å². The van der Waals surface area contributed by atoms with Crippen molar-refractivity contribution in [2.24, 2.45) is 23.7 Å². The highest BCUT2D eigenvalue weighted by atomic mass is 16.5. The molecule has 0 aromatic rings. The third-order valence-electron chi connectivity index (χ3n) is 9.16. The van der Waals surface area contributed by atoms with Crippen LogP contribution in [0, 0.1) is 23.7 Å². The first-order chi connectivity index (χ1) is 19.5. The molecule has 0 fully saturated rings. The lowest BCUT2D eigenvalue weighted by Crippen LogP contribution is -2.30. The molecule has 1 rings (SSSR count). The Balaban J connectivity index is 2.70. The summed E-state index contributed by atoms with van der Waals surface area (Å²) in [7, 11) is 3.49. The lowest BCUT2D eigenvalue weighted by molar-refractivity contribution is -0.0658. The average Bonchev–Trinajstić information content (AvgIpc) is 2.92. The van der Waals surface area contributed by atoms with Gasteiger partial charge in [0.1, 0.15) is 0 Å². The molecule has 1 aliphatic rings. The second kappa shape index (κ2) is 26.0. The average molecular weight is 563 g/mol. The van der Waals surface area contributed by atoms with Crippen LogP contribution < -0.4 is 0 Å². The van der Waals surface area contributed by atoms with Crippen LogP contribution in [0.3, 0.4) is 0 Å². The number of nitrogens with zero attached hydrogens (tertiary/aromatic N) is 2. The summed E-state index contributed by atoms with van der Waals surface area (Å²) in [6.45, 7) is 6.22. The Kier molecular flexibility index (Phi) is 24.3. The van der Waals surface area contributed by atoms with Crippen LogP contribution in [0.5, 0.6) is 0 Å². The lowest BCUT2D eigenvalue weighted by Gasteiger charge is -2.39. The van der Waals surface area contributed by atoms with Crippen molar-refractivity contribution in [1.82, 2.24) is 10.1 Å². The molecule has 1 aliphatic carbocycles. The van der Waals surface area contributed by atoms with Crippen molar-refractivity contribution in [1.29, 1.82) is 0 Å². The topological polar surface area (TPSA) is 46.9 Å². The summed E-state index contributed by atoms with van der Waals surface area (Å²) in [5, 5.41) is 21.3. The molecular weight excluding hydrogens is 492 g/mol. The monoisotopic (exact) mass is 563 g/mol. The van der Waals surface area contributed by atoms with Crippen LogP contribution in [0.15, 0.2) is 24.3 Å². The predicted molar refractivity (Wildman–Crippen MR) is 174 cm³/mol. The Morgan fingerprint density at radius 3 is 1.57 bits per heavy atom. The maximum atomic E-state index is 9.34. The lowest BCUT2D eigenvalue weighted by atomic mass is 9.66. The molecule has 4 atom stereocenters. The van der Waals surface area contributed by atoms with Crippen molar-refractivity contribution >= 4 is 0 Å². The summed E-state index contributed by atoms with van der Waals surface area (Å²) in [5.74, 6) is 3.01. The molecule has 40 heavy (non-hydrogen) atoms.